The Balaban J connectivity index is 1.68. The quantitative estimate of drug-likeness (QED) is 0.642. The van der Waals surface area contributed by atoms with Crippen molar-refractivity contribution in [2.24, 2.45) is 0 Å². The SMILES string of the molecule is CCn1cc(C(=O)OCC(=O)Nc2cccc(S(C)(=O)=O)c2)c2ccccc21. The van der Waals surface area contributed by atoms with E-state index in [0.29, 0.717) is 17.8 Å². The summed E-state index contributed by atoms with van der Waals surface area (Å²) in [7, 11) is -3.38. The van der Waals surface area contributed by atoms with Gasteiger partial charge >= 0.3 is 5.97 Å². The minimum atomic E-state index is -3.38. The molecule has 0 unspecified atom stereocenters. The summed E-state index contributed by atoms with van der Waals surface area (Å²) >= 11 is 0. The lowest BCUT2D eigenvalue weighted by molar-refractivity contribution is -0.119. The Kier molecular flexibility index (Phi) is 5.51. The van der Waals surface area contributed by atoms with Crippen molar-refractivity contribution < 1.29 is 22.7 Å². The van der Waals surface area contributed by atoms with E-state index in [4.69, 9.17) is 4.74 Å². The molecule has 0 saturated carbocycles. The van der Waals surface area contributed by atoms with E-state index >= 15 is 0 Å². The monoisotopic (exact) mass is 400 g/mol. The van der Waals surface area contributed by atoms with Gasteiger partial charge in [0.1, 0.15) is 0 Å². The number of rotatable bonds is 6. The van der Waals surface area contributed by atoms with Gasteiger partial charge in [-0.1, -0.05) is 24.3 Å². The van der Waals surface area contributed by atoms with Crippen molar-refractivity contribution in [2.75, 3.05) is 18.2 Å². The number of aromatic nitrogens is 1. The summed E-state index contributed by atoms with van der Waals surface area (Å²) in [5.74, 6) is -1.15. The molecule has 0 aliphatic heterocycles. The summed E-state index contributed by atoms with van der Waals surface area (Å²) < 4.78 is 30.3. The Bertz CT molecular complexity index is 1150. The summed E-state index contributed by atoms with van der Waals surface area (Å²) in [5, 5.41) is 3.29. The lowest BCUT2D eigenvalue weighted by Crippen LogP contribution is -2.21. The predicted octanol–water partition coefficient (Wildman–Crippen LogP) is 2.86. The number of nitrogens with zero attached hydrogens (tertiary/aromatic N) is 1. The van der Waals surface area contributed by atoms with Crippen LogP contribution in [-0.4, -0.2) is 37.7 Å². The van der Waals surface area contributed by atoms with Crippen molar-refractivity contribution in [3.8, 4) is 0 Å². The predicted molar refractivity (Wildman–Crippen MR) is 106 cm³/mol. The number of anilines is 1. The van der Waals surface area contributed by atoms with Gasteiger partial charge in [-0.3, -0.25) is 4.79 Å². The van der Waals surface area contributed by atoms with Gasteiger partial charge in [0.15, 0.2) is 16.4 Å². The standard InChI is InChI=1S/C20H20N2O5S/c1-3-22-12-17(16-9-4-5-10-18(16)22)20(24)27-13-19(23)21-14-7-6-8-15(11-14)28(2,25)26/h4-12H,3,13H2,1-2H3,(H,21,23). The molecule has 0 radical (unpaired) electrons. The van der Waals surface area contributed by atoms with E-state index in [1.807, 2.05) is 35.8 Å². The van der Waals surface area contributed by atoms with Gasteiger partial charge in [0, 0.05) is 35.6 Å². The second-order valence-corrected chi connectivity index (χ2v) is 8.29. The molecular formula is C20H20N2O5S. The van der Waals surface area contributed by atoms with Crippen LogP contribution in [0.25, 0.3) is 10.9 Å². The molecule has 0 saturated heterocycles. The van der Waals surface area contributed by atoms with Gasteiger partial charge in [-0.25, -0.2) is 13.2 Å². The average molecular weight is 400 g/mol. The van der Waals surface area contributed by atoms with Crippen LogP contribution < -0.4 is 5.32 Å². The topological polar surface area (TPSA) is 94.5 Å². The first-order valence-electron chi connectivity index (χ1n) is 8.64. The molecule has 1 aromatic heterocycles. The summed E-state index contributed by atoms with van der Waals surface area (Å²) in [6, 6.07) is 13.3. The van der Waals surface area contributed by atoms with Crippen molar-refractivity contribution in [1.82, 2.24) is 4.57 Å². The molecule has 1 heterocycles. The molecule has 0 atom stereocenters. The zero-order chi connectivity index (χ0) is 20.3. The minimum absolute atomic E-state index is 0.0923. The Morgan fingerprint density at radius 2 is 1.86 bits per heavy atom. The van der Waals surface area contributed by atoms with E-state index in [1.165, 1.54) is 18.2 Å². The Morgan fingerprint density at radius 3 is 2.57 bits per heavy atom. The molecule has 0 aliphatic rings. The fourth-order valence-corrected chi connectivity index (χ4v) is 3.55. The number of benzene rings is 2. The largest absolute Gasteiger partial charge is 0.452 e. The van der Waals surface area contributed by atoms with E-state index < -0.39 is 28.3 Å². The summed E-state index contributed by atoms with van der Waals surface area (Å²) in [5.41, 5.74) is 1.62. The number of carbonyl (C=O) groups is 2. The molecule has 7 nitrogen and oxygen atoms in total. The van der Waals surface area contributed by atoms with Gasteiger partial charge in [-0.05, 0) is 31.2 Å². The van der Waals surface area contributed by atoms with Crippen LogP contribution in [0.15, 0.2) is 59.6 Å². The molecule has 0 fully saturated rings. The molecule has 0 bridgehead atoms. The van der Waals surface area contributed by atoms with E-state index in [9.17, 15) is 18.0 Å². The van der Waals surface area contributed by atoms with Crippen LogP contribution in [0.1, 0.15) is 17.3 Å². The third-order valence-electron chi connectivity index (χ3n) is 4.23. The number of fused-ring (bicyclic) bond motifs is 1. The highest BCUT2D eigenvalue weighted by molar-refractivity contribution is 7.90. The number of esters is 1. The van der Waals surface area contributed by atoms with Crippen LogP contribution in [0.5, 0.6) is 0 Å². The summed E-state index contributed by atoms with van der Waals surface area (Å²) in [4.78, 5) is 24.6. The van der Waals surface area contributed by atoms with Crippen LogP contribution >= 0.6 is 0 Å². The lowest BCUT2D eigenvalue weighted by Gasteiger charge is -2.07. The highest BCUT2D eigenvalue weighted by atomic mass is 32.2. The molecule has 1 N–H and O–H groups in total. The van der Waals surface area contributed by atoms with Gasteiger partial charge in [-0.15, -0.1) is 0 Å². The average Bonchev–Trinajstić information content (AvgIpc) is 3.04. The molecule has 2 aromatic carbocycles. The number of aryl methyl sites for hydroxylation is 1. The minimum Gasteiger partial charge on any atom is -0.452 e. The molecule has 0 aliphatic carbocycles. The van der Waals surface area contributed by atoms with Crippen molar-refractivity contribution in [3.63, 3.8) is 0 Å². The molecular weight excluding hydrogens is 380 g/mol. The van der Waals surface area contributed by atoms with Gasteiger partial charge in [0.05, 0.1) is 10.5 Å². The molecule has 0 spiro atoms. The number of sulfone groups is 1. The van der Waals surface area contributed by atoms with Gasteiger partial charge < -0.3 is 14.6 Å². The number of para-hydroxylation sites is 1. The molecule has 28 heavy (non-hydrogen) atoms. The maximum Gasteiger partial charge on any atom is 0.340 e. The third kappa shape index (κ3) is 4.23. The van der Waals surface area contributed by atoms with Crippen molar-refractivity contribution in [3.05, 3.63) is 60.3 Å². The third-order valence-corrected chi connectivity index (χ3v) is 5.34. The molecule has 3 rings (SSSR count). The van der Waals surface area contributed by atoms with Crippen LogP contribution in [-0.2, 0) is 25.9 Å². The molecule has 1 amide bonds. The van der Waals surface area contributed by atoms with Crippen LogP contribution in [0, 0.1) is 0 Å². The van der Waals surface area contributed by atoms with E-state index in [1.54, 1.807) is 12.3 Å². The normalized spacial score (nSPS) is 11.4. The Hall–Kier alpha value is -3.13. The number of hydrogen-bond donors (Lipinski definition) is 1. The molecule has 146 valence electrons. The lowest BCUT2D eigenvalue weighted by atomic mass is 10.2. The highest BCUT2D eigenvalue weighted by Crippen LogP contribution is 2.22. The second-order valence-electron chi connectivity index (χ2n) is 6.27. The molecule has 8 heteroatoms. The summed E-state index contributed by atoms with van der Waals surface area (Å²) in [6.07, 6.45) is 2.79. The first-order chi connectivity index (χ1) is 13.3. The Labute approximate surface area is 162 Å². The maximum absolute atomic E-state index is 12.4. The number of amides is 1. The fraction of sp³-hybridized carbons (Fsp3) is 0.200. The maximum atomic E-state index is 12.4. The first kappa shape index (κ1) is 19.6. The van der Waals surface area contributed by atoms with Crippen LogP contribution in [0.2, 0.25) is 0 Å². The summed E-state index contributed by atoms with van der Waals surface area (Å²) in [6.45, 7) is 2.19. The van der Waals surface area contributed by atoms with Crippen molar-refractivity contribution in [1.29, 1.82) is 0 Å². The van der Waals surface area contributed by atoms with E-state index in [2.05, 4.69) is 5.32 Å². The van der Waals surface area contributed by atoms with Crippen LogP contribution in [0.4, 0.5) is 5.69 Å². The van der Waals surface area contributed by atoms with E-state index in [-0.39, 0.29) is 4.90 Å². The Morgan fingerprint density at radius 1 is 1.11 bits per heavy atom. The van der Waals surface area contributed by atoms with Crippen LogP contribution in [0.3, 0.4) is 0 Å². The number of ether oxygens (including phenoxy) is 1. The number of hydrogen-bond acceptors (Lipinski definition) is 5. The number of nitrogens with one attached hydrogen (secondary N) is 1. The van der Waals surface area contributed by atoms with Gasteiger partial charge in [0.25, 0.3) is 5.91 Å². The number of carbonyl (C=O) groups excluding carboxylic acids is 2. The van der Waals surface area contributed by atoms with E-state index in [0.717, 1.165) is 17.2 Å². The zero-order valence-electron chi connectivity index (χ0n) is 15.5. The van der Waals surface area contributed by atoms with Gasteiger partial charge in [0.2, 0.25) is 0 Å². The first-order valence-corrected chi connectivity index (χ1v) is 10.5. The second kappa shape index (κ2) is 7.85. The highest BCUT2D eigenvalue weighted by Gasteiger charge is 2.17. The zero-order valence-corrected chi connectivity index (χ0v) is 16.3. The van der Waals surface area contributed by atoms with Crippen molar-refractivity contribution in [2.45, 2.75) is 18.4 Å². The molecule has 3 aromatic rings. The van der Waals surface area contributed by atoms with Gasteiger partial charge in [-0.2, -0.15) is 0 Å². The smallest absolute Gasteiger partial charge is 0.340 e. The fourth-order valence-electron chi connectivity index (χ4n) is 2.88. The van der Waals surface area contributed by atoms with Crippen molar-refractivity contribution >= 4 is 38.3 Å².